The fourth-order valence-corrected chi connectivity index (χ4v) is 3.39. The molecule has 3 atom stereocenters. The van der Waals surface area contributed by atoms with Gasteiger partial charge in [-0.05, 0) is 30.7 Å². The quantitative estimate of drug-likeness (QED) is 0.909. The SMILES string of the molecule is NC(CC1CCOC2(CCOC2)C1)c1ccccc1. The fraction of sp³-hybridized carbons (Fsp3) is 0.625. The van der Waals surface area contributed by atoms with Gasteiger partial charge in [0.15, 0.2) is 0 Å². The average Bonchev–Trinajstić information content (AvgIpc) is 2.88. The lowest BCUT2D eigenvalue weighted by Crippen LogP contribution is -2.41. The summed E-state index contributed by atoms with van der Waals surface area (Å²) in [6.07, 6.45) is 4.33. The standard InChI is InChI=1S/C16H23NO2/c17-15(14-4-2-1-3-5-14)10-13-6-8-19-16(11-13)7-9-18-12-16/h1-5,13,15H,6-12,17H2. The van der Waals surface area contributed by atoms with Crippen molar-refractivity contribution in [2.75, 3.05) is 19.8 Å². The van der Waals surface area contributed by atoms with E-state index in [2.05, 4.69) is 24.3 Å². The second kappa shape index (κ2) is 5.61. The maximum absolute atomic E-state index is 6.34. The third-order valence-corrected chi connectivity index (χ3v) is 4.48. The van der Waals surface area contributed by atoms with Gasteiger partial charge in [-0.25, -0.2) is 0 Å². The smallest absolute Gasteiger partial charge is 0.0939 e. The highest BCUT2D eigenvalue weighted by molar-refractivity contribution is 5.18. The van der Waals surface area contributed by atoms with Gasteiger partial charge in [0.25, 0.3) is 0 Å². The van der Waals surface area contributed by atoms with Crippen molar-refractivity contribution in [3.63, 3.8) is 0 Å². The summed E-state index contributed by atoms with van der Waals surface area (Å²) in [5, 5.41) is 0. The molecule has 2 fully saturated rings. The molecule has 104 valence electrons. The van der Waals surface area contributed by atoms with Crippen molar-refractivity contribution in [1.29, 1.82) is 0 Å². The molecule has 1 aromatic rings. The molecule has 2 aliphatic rings. The van der Waals surface area contributed by atoms with E-state index in [4.69, 9.17) is 15.2 Å². The van der Waals surface area contributed by atoms with E-state index in [9.17, 15) is 0 Å². The second-order valence-electron chi connectivity index (χ2n) is 5.95. The van der Waals surface area contributed by atoms with Gasteiger partial charge in [0.2, 0.25) is 0 Å². The summed E-state index contributed by atoms with van der Waals surface area (Å²) in [6, 6.07) is 10.5. The van der Waals surface area contributed by atoms with Gasteiger partial charge >= 0.3 is 0 Å². The third kappa shape index (κ3) is 2.99. The number of hydrogen-bond donors (Lipinski definition) is 1. The fourth-order valence-electron chi connectivity index (χ4n) is 3.39. The molecule has 3 unspecified atom stereocenters. The van der Waals surface area contributed by atoms with E-state index in [1.165, 1.54) is 5.56 Å². The van der Waals surface area contributed by atoms with E-state index < -0.39 is 0 Å². The molecule has 0 aromatic heterocycles. The first-order valence-corrected chi connectivity index (χ1v) is 7.30. The Bertz CT molecular complexity index is 400. The van der Waals surface area contributed by atoms with Gasteiger partial charge in [-0.2, -0.15) is 0 Å². The molecule has 0 saturated carbocycles. The molecule has 1 aromatic carbocycles. The molecule has 3 rings (SSSR count). The minimum absolute atomic E-state index is 0.000670. The molecule has 2 N–H and O–H groups in total. The topological polar surface area (TPSA) is 44.5 Å². The first kappa shape index (κ1) is 13.1. The van der Waals surface area contributed by atoms with Gasteiger partial charge in [-0.3, -0.25) is 0 Å². The van der Waals surface area contributed by atoms with Crippen molar-refractivity contribution in [3.05, 3.63) is 35.9 Å². The molecule has 2 saturated heterocycles. The van der Waals surface area contributed by atoms with Crippen LogP contribution in [-0.2, 0) is 9.47 Å². The van der Waals surface area contributed by atoms with Crippen molar-refractivity contribution in [1.82, 2.24) is 0 Å². The summed E-state index contributed by atoms with van der Waals surface area (Å²) in [7, 11) is 0. The molecular formula is C16H23NO2. The highest BCUT2D eigenvalue weighted by atomic mass is 16.6. The van der Waals surface area contributed by atoms with E-state index in [1.807, 2.05) is 6.07 Å². The van der Waals surface area contributed by atoms with Crippen LogP contribution in [0, 0.1) is 5.92 Å². The minimum atomic E-state index is -0.000670. The summed E-state index contributed by atoms with van der Waals surface area (Å²) in [4.78, 5) is 0. The molecule has 0 amide bonds. The highest BCUT2D eigenvalue weighted by Crippen LogP contribution is 2.38. The summed E-state index contributed by atoms with van der Waals surface area (Å²) in [6.45, 7) is 2.47. The Morgan fingerprint density at radius 2 is 2.11 bits per heavy atom. The minimum Gasteiger partial charge on any atom is -0.378 e. The normalized spacial score (nSPS) is 32.6. The van der Waals surface area contributed by atoms with Crippen LogP contribution in [0.1, 0.15) is 37.3 Å². The first-order valence-electron chi connectivity index (χ1n) is 7.30. The summed E-state index contributed by atoms with van der Waals surface area (Å²) < 4.78 is 11.5. The van der Waals surface area contributed by atoms with Crippen molar-refractivity contribution < 1.29 is 9.47 Å². The van der Waals surface area contributed by atoms with Crippen LogP contribution in [0.3, 0.4) is 0 Å². The zero-order valence-electron chi connectivity index (χ0n) is 11.4. The monoisotopic (exact) mass is 261 g/mol. The molecule has 3 nitrogen and oxygen atoms in total. The Balaban J connectivity index is 1.60. The largest absolute Gasteiger partial charge is 0.378 e. The zero-order chi connectivity index (χ0) is 13.1. The van der Waals surface area contributed by atoms with Gasteiger partial charge < -0.3 is 15.2 Å². The van der Waals surface area contributed by atoms with Crippen LogP contribution in [0.5, 0.6) is 0 Å². The lowest BCUT2D eigenvalue weighted by molar-refractivity contribution is -0.0995. The Morgan fingerprint density at radius 1 is 1.26 bits per heavy atom. The summed E-state index contributed by atoms with van der Waals surface area (Å²) in [5.74, 6) is 0.658. The third-order valence-electron chi connectivity index (χ3n) is 4.48. The van der Waals surface area contributed by atoms with Crippen LogP contribution < -0.4 is 5.73 Å². The number of ether oxygens (including phenoxy) is 2. The number of rotatable bonds is 3. The second-order valence-corrected chi connectivity index (χ2v) is 5.95. The van der Waals surface area contributed by atoms with Crippen molar-refractivity contribution >= 4 is 0 Å². The Labute approximate surface area is 115 Å². The van der Waals surface area contributed by atoms with Gasteiger partial charge in [-0.1, -0.05) is 30.3 Å². The number of benzene rings is 1. The molecule has 2 aliphatic heterocycles. The van der Waals surface area contributed by atoms with Crippen LogP contribution in [0.15, 0.2) is 30.3 Å². The van der Waals surface area contributed by atoms with E-state index in [0.29, 0.717) is 5.92 Å². The lowest BCUT2D eigenvalue weighted by atomic mass is 9.81. The summed E-state index contributed by atoms with van der Waals surface area (Å²) in [5.41, 5.74) is 7.58. The van der Waals surface area contributed by atoms with Crippen LogP contribution in [0.25, 0.3) is 0 Å². The average molecular weight is 261 g/mol. The van der Waals surface area contributed by atoms with Crippen LogP contribution in [0.2, 0.25) is 0 Å². The van der Waals surface area contributed by atoms with Gasteiger partial charge in [0.05, 0.1) is 12.2 Å². The maximum Gasteiger partial charge on any atom is 0.0939 e. The van der Waals surface area contributed by atoms with Gasteiger partial charge in [0.1, 0.15) is 0 Å². The molecule has 0 bridgehead atoms. The van der Waals surface area contributed by atoms with Crippen LogP contribution in [0.4, 0.5) is 0 Å². The Kier molecular flexibility index (Phi) is 3.87. The van der Waals surface area contributed by atoms with E-state index in [0.717, 1.165) is 45.5 Å². The summed E-state index contributed by atoms with van der Waals surface area (Å²) >= 11 is 0. The molecular weight excluding hydrogens is 238 g/mol. The van der Waals surface area contributed by atoms with Crippen molar-refractivity contribution in [2.45, 2.75) is 37.3 Å². The molecule has 0 aliphatic carbocycles. The van der Waals surface area contributed by atoms with Crippen molar-refractivity contribution in [3.8, 4) is 0 Å². The predicted molar refractivity (Wildman–Crippen MR) is 74.8 cm³/mol. The zero-order valence-corrected chi connectivity index (χ0v) is 11.4. The first-order chi connectivity index (χ1) is 9.27. The predicted octanol–water partition coefficient (Wildman–Crippen LogP) is 2.66. The Hall–Kier alpha value is -0.900. The van der Waals surface area contributed by atoms with E-state index in [-0.39, 0.29) is 11.6 Å². The van der Waals surface area contributed by atoms with E-state index in [1.54, 1.807) is 0 Å². The van der Waals surface area contributed by atoms with Gasteiger partial charge in [-0.15, -0.1) is 0 Å². The molecule has 1 spiro atoms. The van der Waals surface area contributed by atoms with Crippen LogP contribution >= 0.6 is 0 Å². The maximum atomic E-state index is 6.34. The van der Waals surface area contributed by atoms with Crippen LogP contribution in [-0.4, -0.2) is 25.4 Å². The molecule has 2 heterocycles. The molecule has 19 heavy (non-hydrogen) atoms. The number of hydrogen-bond acceptors (Lipinski definition) is 3. The number of nitrogens with two attached hydrogens (primary N) is 1. The molecule has 0 radical (unpaired) electrons. The van der Waals surface area contributed by atoms with E-state index >= 15 is 0 Å². The van der Waals surface area contributed by atoms with Gasteiger partial charge in [0, 0.05) is 25.7 Å². The Morgan fingerprint density at radius 3 is 2.84 bits per heavy atom. The van der Waals surface area contributed by atoms with Crippen molar-refractivity contribution in [2.24, 2.45) is 11.7 Å². The highest BCUT2D eigenvalue weighted by Gasteiger charge is 2.41. The lowest BCUT2D eigenvalue weighted by Gasteiger charge is -2.38. The molecule has 3 heteroatoms.